The van der Waals surface area contributed by atoms with Crippen molar-refractivity contribution in [2.45, 2.75) is 12.8 Å². The van der Waals surface area contributed by atoms with Gasteiger partial charge in [-0.3, -0.25) is 4.79 Å². The topological polar surface area (TPSA) is 64.2 Å². The Labute approximate surface area is 176 Å². The van der Waals surface area contributed by atoms with E-state index >= 15 is 0 Å². The number of hydrogen-bond donors (Lipinski definition) is 1. The van der Waals surface area contributed by atoms with Gasteiger partial charge < -0.3 is 19.0 Å². The summed E-state index contributed by atoms with van der Waals surface area (Å²) in [5.74, 6) is 1.51. The number of fused-ring (bicyclic) bond motifs is 3. The van der Waals surface area contributed by atoms with Crippen LogP contribution in [0.3, 0.4) is 0 Å². The number of benzene rings is 1. The predicted molar refractivity (Wildman–Crippen MR) is 114 cm³/mol. The monoisotopic (exact) mass is 409 g/mol. The van der Waals surface area contributed by atoms with Crippen LogP contribution in [0.2, 0.25) is 0 Å². The highest BCUT2D eigenvalue weighted by Crippen LogP contribution is 2.43. The average Bonchev–Trinajstić information content (AvgIpc) is 3.40. The maximum absolute atomic E-state index is 13.5. The van der Waals surface area contributed by atoms with E-state index in [0.717, 1.165) is 44.7 Å². The zero-order chi connectivity index (χ0) is 20.5. The minimum Gasteiger partial charge on any atom is -0.422 e. The molecule has 6 nitrogen and oxygen atoms in total. The number of carbonyl (C=O) groups is 1. The van der Waals surface area contributed by atoms with Gasteiger partial charge in [0.2, 0.25) is 0 Å². The number of morpholine rings is 1. The van der Waals surface area contributed by atoms with Crippen LogP contribution in [-0.2, 0) is 4.74 Å². The van der Waals surface area contributed by atoms with Gasteiger partial charge in [-0.25, -0.2) is 4.79 Å². The molecule has 5 rings (SSSR count). The predicted octanol–water partition coefficient (Wildman–Crippen LogP) is 1.36. The van der Waals surface area contributed by atoms with E-state index in [1.54, 1.807) is 12.1 Å². The number of carbonyl (C=O) groups excluding carboxylic acids is 1. The smallest absolute Gasteiger partial charge is 0.349 e. The van der Waals surface area contributed by atoms with Gasteiger partial charge in [0.05, 0.1) is 26.3 Å². The molecule has 1 N–H and O–H groups in total. The fourth-order valence-electron chi connectivity index (χ4n) is 5.25. The molecule has 0 spiro atoms. The third kappa shape index (κ3) is 3.94. The van der Waals surface area contributed by atoms with E-state index in [0.29, 0.717) is 36.4 Å². The van der Waals surface area contributed by atoms with Crippen LogP contribution in [0.25, 0.3) is 11.0 Å². The highest BCUT2D eigenvalue weighted by atomic mass is 16.5. The first kappa shape index (κ1) is 19.5. The van der Waals surface area contributed by atoms with Crippen molar-refractivity contribution in [2.75, 3.05) is 45.9 Å². The van der Waals surface area contributed by atoms with Crippen LogP contribution >= 0.6 is 0 Å². The van der Waals surface area contributed by atoms with Gasteiger partial charge >= 0.3 is 5.63 Å². The molecule has 1 aliphatic heterocycles. The molecule has 2 bridgehead atoms. The molecule has 2 aromatic rings. The summed E-state index contributed by atoms with van der Waals surface area (Å²) in [6, 6.07) is 9.04. The van der Waals surface area contributed by atoms with Gasteiger partial charge in [0.15, 0.2) is 0 Å². The second kappa shape index (κ2) is 8.36. The molecule has 1 aromatic carbocycles. The number of rotatable bonds is 6. The van der Waals surface area contributed by atoms with E-state index in [1.165, 1.54) is 11.3 Å². The van der Waals surface area contributed by atoms with Crippen molar-refractivity contribution in [3.8, 4) is 0 Å². The lowest BCUT2D eigenvalue weighted by Crippen LogP contribution is -3.14. The number of nitrogens with zero attached hydrogens (tertiary/aromatic N) is 1. The van der Waals surface area contributed by atoms with E-state index < -0.39 is 5.63 Å². The number of allylic oxidation sites excluding steroid dienone is 2. The Balaban J connectivity index is 1.38. The zero-order valence-corrected chi connectivity index (χ0v) is 17.2. The molecule has 3 atom stereocenters. The first-order chi connectivity index (χ1) is 14.7. The lowest BCUT2D eigenvalue weighted by atomic mass is 9.93. The largest absolute Gasteiger partial charge is 0.422 e. The Morgan fingerprint density at radius 3 is 2.73 bits per heavy atom. The van der Waals surface area contributed by atoms with Gasteiger partial charge in [0, 0.05) is 11.9 Å². The molecule has 0 radical (unpaired) electrons. The lowest BCUT2D eigenvalue weighted by molar-refractivity contribution is -0.907. The molecule has 1 saturated carbocycles. The van der Waals surface area contributed by atoms with Crippen molar-refractivity contribution in [3.63, 3.8) is 0 Å². The van der Waals surface area contributed by atoms with Gasteiger partial charge in [-0.1, -0.05) is 30.4 Å². The van der Waals surface area contributed by atoms with Crippen LogP contribution in [0.4, 0.5) is 0 Å². The highest BCUT2D eigenvalue weighted by molar-refractivity contribution is 5.96. The van der Waals surface area contributed by atoms with E-state index in [-0.39, 0.29) is 11.5 Å². The molecule has 2 aliphatic carbocycles. The number of quaternary nitrogens is 1. The summed E-state index contributed by atoms with van der Waals surface area (Å²) in [7, 11) is 0. The Morgan fingerprint density at radius 2 is 1.97 bits per heavy atom. The Hall–Kier alpha value is -2.44. The molecular weight excluding hydrogens is 380 g/mol. The van der Waals surface area contributed by atoms with E-state index in [1.807, 2.05) is 23.1 Å². The quantitative estimate of drug-likeness (QED) is 0.578. The third-order valence-electron chi connectivity index (χ3n) is 6.97. The minimum atomic E-state index is -0.546. The van der Waals surface area contributed by atoms with Gasteiger partial charge in [-0.15, -0.1) is 0 Å². The summed E-state index contributed by atoms with van der Waals surface area (Å²) in [4.78, 5) is 29.5. The van der Waals surface area contributed by atoms with E-state index in [4.69, 9.17) is 9.15 Å². The molecule has 0 unspecified atom stereocenters. The molecule has 1 amide bonds. The van der Waals surface area contributed by atoms with Crippen molar-refractivity contribution in [3.05, 3.63) is 58.5 Å². The second-order valence-corrected chi connectivity index (χ2v) is 8.89. The second-order valence-electron chi connectivity index (χ2n) is 8.89. The summed E-state index contributed by atoms with van der Waals surface area (Å²) in [6.07, 6.45) is 6.99. The fourth-order valence-corrected chi connectivity index (χ4v) is 5.25. The Kier molecular flexibility index (Phi) is 5.44. The van der Waals surface area contributed by atoms with Gasteiger partial charge in [-0.2, -0.15) is 0 Å². The van der Waals surface area contributed by atoms with Crippen LogP contribution in [0.5, 0.6) is 0 Å². The molecule has 1 aromatic heterocycles. The van der Waals surface area contributed by atoms with Crippen LogP contribution in [-0.4, -0.2) is 56.7 Å². The SMILES string of the molecule is O=C(c1cc2ccccc2oc1=O)N(CC[NH+]1CCOCC1)C[C@H]1C[C@@H]2C=C[C@H]1C2. The molecule has 30 heavy (non-hydrogen) atoms. The normalized spacial score (nSPS) is 25.8. The average molecular weight is 410 g/mol. The first-order valence-electron chi connectivity index (χ1n) is 11.1. The maximum atomic E-state index is 13.5. The Morgan fingerprint density at radius 1 is 1.13 bits per heavy atom. The fraction of sp³-hybridized carbons (Fsp3) is 0.500. The lowest BCUT2D eigenvalue weighted by Gasteiger charge is -2.31. The summed E-state index contributed by atoms with van der Waals surface area (Å²) in [5, 5.41) is 0.780. The summed E-state index contributed by atoms with van der Waals surface area (Å²) >= 11 is 0. The highest BCUT2D eigenvalue weighted by Gasteiger charge is 2.37. The molecule has 3 aliphatic rings. The Bertz CT molecular complexity index is 1010. The molecule has 6 heteroatoms. The number of amides is 1. The van der Waals surface area contributed by atoms with Crippen molar-refractivity contribution in [1.29, 1.82) is 0 Å². The summed E-state index contributed by atoms with van der Waals surface area (Å²) in [6.45, 7) is 5.72. The van der Waals surface area contributed by atoms with Gasteiger partial charge in [0.1, 0.15) is 24.2 Å². The molecule has 2 heterocycles. The molecular formula is C24H29N2O4+. The third-order valence-corrected chi connectivity index (χ3v) is 6.97. The summed E-state index contributed by atoms with van der Waals surface area (Å²) in [5.41, 5.74) is 0.112. The number of hydrogen-bond acceptors (Lipinski definition) is 4. The van der Waals surface area contributed by atoms with Gasteiger partial charge in [-0.05, 0) is 42.7 Å². The van der Waals surface area contributed by atoms with Crippen molar-refractivity contribution < 1.29 is 18.8 Å². The van der Waals surface area contributed by atoms with E-state index in [9.17, 15) is 9.59 Å². The molecule has 2 fully saturated rings. The van der Waals surface area contributed by atoms with Crippen LogP contribution in [0, 0.1) is 17.8 Å². The van der Waals surface area contributed by atoms with E-state index in [2.05, 4.69) is 12.2 Å². The molecule has 158 valence electrons. The van der Waals surface area contributed by atoms with Crippen molar-refractivity contribution in [1.82, 2.24) is 4.90 Å². The zero-order valence-electron chi connectivity index (χ0n) is 17.2. The van der Waals surface area contributed by atoms with Crippen LogP contribution in [0.1, 0.15) is 23.2 Å². The van der Waals surface area contributed by atoms with Crippen LogP contribution in [0.15, 0.2) is 51.7 Å². The minimum absolute atomic E-state index is 0.143. The van der Waals surface area contributed by atoms with Crippen molar-refractivity contribution in [2.24, 2.45) is 17.8 Å². The number of nitrogens with one attached hydrogen (secondary N) is 1. The van der Waals surface area contributed by atoms with Crippen molar-refractivity contribution >= 4 is 16.9 Å². The van der Waals surface area contributed by atoms with Gasteiger partial charge in [0.25, 0.3) is 5.91 Å². The molecule has 1 saturated heterocycles. The summed E-state index contributed by atoms with van der Waals surface area (Å²) < 4.78 is 10.9. The first-order valence-corrected chi connectivity index (χ1v) is 11.1. The number of para-hydroxylation sites is 1. The standard InChI is InChI=1S/C24H28N2O4/c27-23(21-15-19-3-1-2-4-22(19)30-24(21)28)26(8-7-25-9-11-29-12-10-25)16-20-14-17-5-6-18(20)13-17/h1-6,15,17-18,20H,7-14,16H2/p+1/t17-,18+,20-/m1/s1. The number of ether oxygens (including phenoxy) is 1. The maximum Gasteiger partial charge on any atom is 0.349 e. The van der Waals surface area contributed by atoms with Crippen LogP contribution < -0.4 is 10.5 Å².